The van der Waals surface area contributed by atoms with Crippen LogP contribution in [0.1, 0.15) is 43.9 Å². The second-order valence-electron chi connectivity index (χ2n) is 6.53. The van der Waals surface area contributed by atoms with Crippen LogP contribution >= 0.6 is 11.6 Å². The van der Waals surface area contributed by atoms with E-state index in [1.54, 1.807) is 55.5 Å². The van der Waals surface area contributed by atoms with Crippen molar-refractivity contribution < 1.29 is 13.5 Å². The zero-order valence-corrected chi connectivity index (χ0v) is 16.2. The number of benzene rings is 2. The maximum atomic E-state index is 12.8. The number of hydrogen-bond donors (Lipinski definition) is 2. The number of sulfonamides is 1. The van der Waals surface area contributed by atoms with Crippen molar-refractivity contribution in [2.24, 2.45) is 0 Å². The average molecular weight is 382 g/mol. The molecule has 0 fully saturated rings. The van der Waals surface area contributed by atoms with Gasteiger partial charge in [0.25, 0.3) is 0 Å². The first kappa shape index (κ1) is 19.9. The number of rotatable bonds is 7. The molecule has 4 nitrogen and oxygen atoms in total. The Kier molecular flexibility index (Phi) is 6.27. The van der Waals surface area contributed by atoms with E-state index in [0.29, 0.717) is 17.0 Å². The summed E-state index contributed by atoms with van der Waals surface area (Å²) in [5.41, 5.74) is 0.407. The predicted molar refractivity (Wildman–Crippen MR) is 101 cm³/mol. The molecule has 0 aliphatic rings. The summed E-state index contributed by atoms with van der Waals surface area (Å²) < 4.78 is 28.3. The summed E-state index contributed by atoms with van der Waals surface area (Å²) in [4.78, 5) is 0.171. The van der Waals surface area contributed by atoms with Gasteiger partial charge in [0, 0.05) is 5.02 Å². The van der Waals surface area contributed by atoms with Gasteiger partial charge >= 0.3 is 0 Å². The third-order valence-corrected chi connectivity index (χ3v) is 5.88. The second-order valence-corrected chi connectivity index (χ2v) is 8.68. The molecule has 0 saturated heterocycles. The number of aliphatic hydroxyl groups is 1. The molecule has 0 radical (unpaired) electrons. The Hall–Kier alpha value is -1.40. The van der Waals surface area contributed by atoms with E-state index >= 15 is 0 Å². The van der Waals surface area contributed by atoms with Crippen molar-refractivity contribution in [1.29, 1.82) is 0 Å². The number of halogens is 1. The Bertz CT molecular complexity index is 800. The molecular formula is C19H24ClNO3S. The summed E-state index contributed by atoms with van der Waals surface area (Å²) in [6.07, 6.45) is 1.18. The second kappa shape index (κ2) is 7.87. The van der Waals surface area contributed by atoms with E-state index in [2.05, 4.69) is 4.72 Å². The van der Waals surface area contributed by atoms with Gasteiger partial charge in [-0.1, -0.05) is 54.8 Å². The summed E-state index contributed by atoms with van der Waals surface area (Å²) in [6, 6.07) is 12.7. The third kappa shape index (κ3) is 5.05. The topological polar surface area (TPSA) is 66.4 Å². The molecule has 0 saturated carbocycles. The van der Waals surface area contributed by atoms with E-state index in [4.69, 9.17) is 11.6 Å². The van der Waals surface area contributed by atoms with Crippen LogP contribution in [-0.4, -0.2) is 19.1 Å². The highest BCUT2D eigenvalue weighted by atomic mass is 35.5. The van der Waals surface area contributed by atoms with Crippen LogP contribution in [0.2, 0.25) is 5.02 Å². The van der Waals surface area contributed by atoms with Gasteiger partial charge in [-0.25, -0.2) is 13.1 Å². The Balaban J connectivity index is 2.41. The fraction of sp³-hybridized carbons (Fsp3) is 0.368. The fourth-order valence-electron chi connectivity index (χ4n) is 2.80. The zero-order chi connectivity index (χ0) is 18.7. The van der Waals surface area contributed by atoms with Crippen molar-refractivity contribution in [2.45, 2.75) is 50.2 Å². The SMILES string of the molecule is CCCC(C)(O)C(NS(=O)(=O)c1ccc(C)cc1)c1ccc(Cl)cc1. The van der Waals surface area contributed by atoms with Gasteiger partial charge in [0.2, 0.25) is 10.0 Å². The van der Waals surface area contributed by atoms with Crippen molar-refractivity contribution in [2.75, 3.05) is 0 Å². The Labute approximate surface area is 154 Å². The summed E-state index contributed by atoms with van der Waals surface area (Å²) in [5.74, 6) is 0. The van der Waals surface area contributed by atoms with Crippen molar-refractivity contribution >= 4 is 21.6 Å². The minimum absolute atomic E-state index is 0.171. The third-order valence-electron chi connectivity index (χ3n) is 4.19. The minimum atomic E-state index is -3.78. The van der Waals surface area contributed by atoms with Gasteiger partial charge in [0.05, 0.1) is 16.5 Å². The molecule has 0 aromatic heterocycles. The van der Waals surface area contributed by atoms with Crippen LogP contribution in [0.4, 0.5) is 0 Å². The van der Waals surface area contributed by atoms with E-state index in [1.807, 2.05) is 13.8 Å². The number of nitrogens with one attached hydrogen (secondary N) is 1. The molecule has 0 aliphatic heterocycles. The molecule has 0 heterocycles. The first-order valence-electron chi connectivity index (χ1n) is 8.22. The molecule has 2 unspecified atom stereocenters. The van der Waals surface area contributed by atoms with Crippen molar-refractivity contribution in [1.82, 2.24) is 4.72 Å². The molecule has 2 aromatic rings. The van der Waals surface area contributed by atoms with Gasteiger partial charge < -0.3 is 5.11 Å². The number of hydrogen-bond acceptors (Lipinski definition) is 3. The molecule has 25 heavy (non-hydrogen) atoms. The zero-order valence-electron chi connectivity index (χ0n) is 14.7. The standard InChI is InChI=1S/C19H24ClNO3S/c1-4-13-19(3,22)18(15-7-9-16(20)10-8-15)21-25(23,24)17-11-5-14(2)6-12-17/h5-12,18,21-22H,4,13H2,1-3H3. The van der Waals surface area contributed by atoms with Crippen LogP contribution in [0.25, 0.3) is 0 Å². The lowest BCUT2D eigenvalue weighted by atomic mass is 9.87. The van der Waals surface area contributed by atoms with E-state index < -0.39 is 21.7 Å². The first-order chi connectivity index (χ1) is 11.7. The van der Waals surface area contributed by atoms with E-state index in [0.717, 1.165) is 12.0 Å². The lowest BCUT2D eigenvalue weighted by Crippen LogP contribution is -2.44. The summed E-state index contributed by atoms with van der Waals surface area (Å²) >= 11 is 5.93. The van der Waals surface area contributed by atoms with Crippen LogP contribution in [-0.2, 0) is 10.0 Å². The Morgan fingerprint density at radius 1 is 1.12 bits per heavy atom. The highest BCUT2D eigenvalue weighted by Gasteiger charge is 2.35. The molecule has 0 aliphatic carbocycles. The van der Waals surface area contributed by atoms with Crippen LogP contribution in [0.15, 0.2) is 53.4 Å². The van der Waals surface area contributed by atoms with Gasteiger partial charge in [-0.15, -0.1) is 0 Å². The van der Waals surface area contributed by atoms with Gasteiger partial charge in [-0.05, 0) is 50.1 Å². The van der Waals surface area contributed by atoms with Crippen LogP contribution < -0.4 is 4.72 Å². The molecule has 0 bridgehead atoms. The quantitative estimate of drug-likeness (QED) is 0.754. The average Bonchev–Trinajstić information content (AvgIpc) is 2.54. The van der Waals surface area contributed by atoms with Crippen LogP contribution in [0.3, 0.4) is 0 Å². The smallest absolute Gasteiger partial charge is 0.241 e. The van der Waals surface area contributed by atoms with Gasteiger partial charge in [-0.2, -0.15) is 0 Å². The largest absolute Gasteiger partial charge is 0.388 e. The van der Waals surface area contributed by atoms with Gasteiger partial charge in [-0.3, -0.25) is 0 Å². The molecule has 6 heteroatoms. The van der Waals surface area contributed by atoms with Gasteiger partial charge in [0.1, 0.15) is 0 Å². The molecule has 0 amide bonds. The van der Waals surface area contributed by atoms with Crippen molar-refractivity contribution in [3.8, 4) is 0 Å². The minimum Gasteiger partial charge on any atom is -0.388 e. The molecule has 2 aromatic carbocycles. The van der Waals surface area contributed by atoms with Gasteiger partial charge in [0.15, 0.2) is 0 Å². The fourth-order valence-corrected chi connectivity index (χ4v) is 4.26. The highest BCUT2D eigenvalue weighted by molar-refractivity contribution is 7.89. The van der Waals surface area contributed by atoms with Crippen molar-refractivity contribution in [3.05, 3.63) is 64.7 Å². The normalized spacial score (nSPS) is 15.6. The Morgan fingerprint density at radius 3 is 2.20 bits per heavy atom. The monoisotopic (exact) mass is 381 g/mol. The van der Waals surface area contributed by atoms with Crippen LogP contribution in [0.5, 0.6) is 0 Å². The lowest BCUT2D eigenvalue weighted by molar-refractivity contribution is 0.0172. The molecule has 0 spiro atoms. The van der Waals surface area contributed by atoms with E-state index in [9.17, 15) is 13.5 Å². The summed E-state index contributed by atoms with van der Waals surface area (Å²) in [7, 11) is -3.78. The van der Waals surface area contributed by atoms with Crippen molar-refractivity contribution in [3.63, 3.8) is 0 Å². The molecule has 2 N–H and O–H groups in total. The summed E-state index contributed by atoms with van der Waals surface area (Å²) in [5, 5.41) is 11.4. The van der Waals surface area contributed by atoms with Crippen LogP contribution in [0, 0.1) is 6.92 Å². The lowest BCUT2D eigenvalue weighted by Gasteiger charge is -2.33. The maximum Gasteiger partial charge on any atom is 0.241 e. The van der Waals surface area contributed by atoms with E-state index in [1.165, 1.54) is 0 Å². The molecule has 2 atom stereocenters. The highest BCUT2D eigenvalue weighted by Crippen LogP contribution is 2.32. The Morgan fingerprint density at radius 2 is 1.68 bits per heavy atom. The molecule has 2 rings (SSSR count). The summed E-state index contributed by atoms with van der Waals surface area (Å²) in [6.45, 7) is 5.49. The predicted octanol–water partition coefficient (Wildman–Crippen LogP) is 4.22. The molecule has 136 valence electrons. The number of aryl methyl sites for hydroxylation is 1. The molecular weight excluding hydrogens is 358 g/mol. The first-order valence-corrected chi connectivity index (χ1v) is 10.1. The maximum absolute atomic E-state index is 12.8. The van der Waals surface area contributed by atoms with E-state index in [-0.39, 0.29) is 4.90 Å².